The van der Waals surface area contributed by atoms with Crippen LogP contribution in [-0.2, 0) is 26.2 Å². The van der Waals surface area contributed by atoms with E-state index in [2.05, 4.69) is 10.6 Å². The van der Waals surface area contributed by atoms with Gasteiger partial charge in [-0.25, -0.2) is 18.5 Å². The van der Waals surface area contributed by atoms with E-state index in [0.29, 0.717) is 5.69 Å². The number of hydrogen-bond acceptors (Lipinski definition) is 8. The van der Waals surface area contributed by atoms with Crippen LogP contribution in [0.2, 0.25) is 0 Å². The number of imide groups is 1. The highest BCUT2D eigenvalue weighted by atomic mass is 32.2. The number of aromatic nitrogens is 2. The van der Waals surface area contributed by atoms with Crippen LogP contribution in [0.4, 0.5) is 5.69 Å². The smallest absolute Gasteiger partial charge is 0.253 e. The summed E-state index contributed by atoms with van der Waals surface area (Å²) in [7, 11) is -3.89. The number of anilines is 1. The number of nitrogens with one attached hydrogen (secondary N) is 1. The number of primary sulfonamides is 1. The summed E-state index contributed by atoms with van der Waals surface area (Å²) in [6.07, 6.45) is -0.124. The van der Waals surface area contributed by atoms with Gasteiger partial charge in [0.05, 0.1) is 34.9 Å². The van der Waals surface area contributed by atoms with E-state index in [4.69, 9.17) is 9.66 Å². The molecule has 160 valence electrons. The van der Waals surface area contributed by atoms with E-state index >= 15 is 0 Å². The summed E-state index contributed by atoms with van der Waals surface area (Å²) in [5, 5.41) is 23.7. The number of nitrogens with two attached hydrogens (primary N) is 1. The molecule has 2 heterocycles. The molecular weight excluding hydrogens is 426 g/mol. The molecule has 0 radical (unpaired) electrons. The lowest BCUT2D eigenvalue weighted by Gasteiger charge is -2.15. The predicted molar refractivity (Wildman–Crippen MR) is 103 cm³/mol. The number of sulfonamides is 1. The van der Waals surface area contributed by atoms with E-state index in [-0.39, 0.29) is 29.2 Å². The van der Waals surface area contributed by atoms with Crippen LogP contribution >= 0.6 is 0 Å². The third kappa shape index (κ3) is 4.03. The number of para-hydroxylation sites is 1. The average Bonchev–Trinajstić information content (AvgIpc) is 3.25. The maximum absolute atomic E-state index is 12.8. The van der Waals surface area contributed by atoms with Crippen molar-refractivity contribution in [1.29, 1.82) is 0 Å². The largest absolute Gasteiger partial charge is 0.539 e. The van der Waals surface area contributed by atoms with Crippen LogP contribution in [0.5, 0.6) is 5.95 Å². The second-order valence-electron chi connectivity index (χ2n) is 6.80. The molecule has 12 heteroatoms. The van der Waals surface area contributed by atoms with E-state index in [1.165, 1.54) is 28.9 Å². The van der Waals surface area contributed by atoms with Crippen LogP contribution in [-0.4, -0.2) is 31.5 Å². The number of rotatable bonds is 6. The topological polar surface area (TPSA) is 163 Å². The number of carbonyl (C=O) groups excluding carboxylic acids is 2. The zero-order valence-corrected chi connectivity index (χ0v) is 16.8. The highest BCUT2D eigenvalue weighted by Gasteiger charge is 2.40. The number of hydrogen-bond donors (Lipinski definition) is 2. The normalized spacial score (nSPS) is 16.8. The van der Waals surface area contributed by atoms with Gasteiger partial charge in [-0.05, 0) is 28.9 Å². The SMILES string of the molecule is NS(=O)(=O)c1ccc(N2C(=O)CC(NCc3c([O-])on[n+]3-c3ccccc3)C2=O)cc1. The molecule has 1 aliphatic rings. The average molecular weight is 443 g/mol. The molecule has 2 amide bonds. The minimum Gasteiger partial charge on any atom is -0.539 e. The molecule has 1 aliphatic heterocycles. The van der Waals surface area contributed by atoms with E-state index in [1.54, 1.807) is 24.3 Å². The predicted octanol–water partition coefficient (Wildman–Crippen LogP) is -0.906. The van der Waals surface area contributed by atoms with Gasteiger partial charge >= 0.3 is 0 Å². The Kier molecular flexibility index (Phi) is 5.27. The van der Waals surface area contributed by atoms with Gasteiger partial charge in [-0.15, -0.1) is 0 Å². The zero-order chi connectivity index (χ0) is 22.2. The molecule has 11 nitrogen and oxygen atoms in total. The highest BCUT2D eigenvalue weighted by Crippen LogP contribution is 2.24. The third-order valence-electron chi connectivity index (χ3n) is 4.78. The Morgan fingerprint density at radius 2 is 1.84 bits per heavy atom. The lowest BCUT2D eigenvalue weighted by atomic mass is 10.2. The van der Waals surface area contributed by atoms with Gasteiger partial charge in [0.15, 0.2) is 5.95 Å². The third-order valence-corrected chi connectivity index (χ3v) is 5.71. The molecule has 1 atom stereocenters. The van der Waals surface area contributed by atoms with Crippen molar-refractivity contribution in [3.8, 4) is 11.6 Å². The fraction of sp³-hybridized carbons (Fsp3) is 0.158. The quantitative estimate of drug-likeness (QED) is 0.365. The van der Waals surface area contributed by atoms with Crippen LogP contribution < -0.4 is 25.1 Å². The Labute approximate surface area is 176 Å². The van der Waals surface area contributed by atoms with Crippen LogP contribution in [0.3, 0.4) is 0 Å². The number of benzene rings is 2. The molecule has 4 rings (SSSR count). The molecule has 3 N–H and O–H groups in total. The van der Waals surface area contributed by atoms with E-state index < -0.39 is 33.8 Å². The molecule has 2 aromatic carbocycles. The molecular formula is C19H17N5O6S. The molecule has 1 unspecified atom stereocenters. The van der Waals surface area contributed by atoms with Crippen LogP contribution in [0.15, 0.2) is 64.0 Å². The molecule has 1 saturated heterocycles. The van der Waals surface area contributed by atoms with Crippen molar-refractivity contribution in [3.63, 3.8) is 0 Å². The van der Waals surface area contributed by atoms with Crippen molar-refractivity contribution in [2.45, 2.75) is 23.9 Å². The minimum absolute atomic E-state index is 0.0564. The summed E-state index contributed by atoms with van der Waals surface area (Å²) in [5.41, 5.74) is 0.999. The van der Waals surface area contributed by atoms with Crippen LogP contribution in [0.25, 0.3) is 5.69 Å². The molecule has 0 bridgehead atoms. The van der Waals surface area contributed by atoms with Gasteiger partial charge in [0.2, 0.25) is 21.6 Å². The fourth-order valence-electron chi connectivity index (χ4n) is 3.25. The Balaban J connectivity index is 1.50. The first-order chi connectivity index (χ1) is 14.8. The van der Waals surface area contributed by atoms with E-state index in [0.717, 1.165) is 4.90 Å². The van der Waals surface area contributed by atoms with E-state index in [9.17, 15) is 23.1 Å². The summed E-state index contributed by atoms with van der Waals surface area (Å²) in [4.78, 5) is 26.0. The summed E-state index contributed by atoms with van der Waals surface area (Å²) in [6, 6.07) is 13.1. The first kappa shape index (κ1) is 20.7. The van der Waals surface area contributed by atoms with Gasteiger partial charge in [0.1, 0.15) is 0 Å². The summed E-state index contributed by atoms with van der Waals surface area (Å²) in [6.45, 7) is -0.0564. The summed E-state index contributed by atoms with van der Waals surface area (Å²) in [5.74, 6) is -1.65. The summed E-state index contributed by atoms with van der Waals surface area (Å²) >= 11 is 0. The molecule has 3 aromatic rings. The number of amides is 2. The maximum atomic E-state index is 12.8. The molecule has 0 spiro atoms. The second kappa shape index (κ2) is 7.91. The van der Waals surface area contributed by atoms with Crippen LogP contribution in [0.1, 0.15) is 12.1 Å². The second-order valence-corrected chi connectivity index (χ2v) is 8.36. The van der Waals surface area contributed by atoms with Crippen molar-refractivity contribution < 1.29 is 32.3 Å². The Hall–Kier alpha value is -3.61. The Bertz CT molecular complexity index is 1240. The van der Waals surface area contributed by atoms with Gasteiger partial charge in [-0.3, -0.25) is 14.9 Å². The van der Waals surface area contributed by atoms with Gasteiger partial charge in [-0.1, -0.05) is 18.2 Å². The summed E-state index contributed by atoms with van der Waals surface area (Å²) < 4.78 is 28.8. The minimum atomic E-state index is -3.89. The Morgan fingerprint density at radius 1 is 1.16 bits per heavy atom. The first-order valence-corrected chi connectivity index (χ1v) is 10.7. The highest BCUT2D eigenvalue weighted by molar-refractivity contribution is 7.89. The van der Waals surface area contributed by atoms with Gasteiger partial charge < -0.3 is 9.63 Å². The lowest BCUT2D eigenvalue weighted by molar-refractivity contribution is -0.677. The lowest BCUT2D eigenvalue weighted by Crippen LogP contribution is -2.43. The van der Waals surface area contributed by atoms with Crippen molar-refractivity contribution in [2.75, 3.05) is 4.90 Å². The van der Waals surface area contributed by atoms with Gasteiger partial charge in [-0.2, -0.15) is 0 Å². The van der Waals surface area contributed by atoms with Gasteiger partial charge in [0, 0.05) is 12.1 Å². The standard InChI is InChI=1S/C19H17N5O6S/c20-31(28,29)14-8-6-12(7-9-14)23-17(25)10-15(18(23)26)21-11-16-19(27)30-22-24(16)13-4-2-1-3-5-13/h1-9,15,21H,10-11H2,(H2-,20,22,27,28,29). The molecule has 31 heavy (non-hydrogen) atoms. The Morgan fingerprint density at radius 3 is 2.48 bits per heavy atom. The first-order valence-electron chi connectivity index (χ1n) is 9.12. The molecule has 0 saturated carbocycles. The number of nitrogens with zero attached hydrogens (tertiary/aromatic N) is 3. The van der Waals surface area contributed by atoms with Crippen LogP contribution in [0, 0.1) is 0 Å². The van der Waals surface area contributed by atoms with Crippen molar-refractivity contribution in [1.82, 2.24) is 10.6 Å². The van der Waals surface area contributed by atoms with E-state index in [1.807, 2.05) is 6.07 Å². The molecule has 0 aliphatic carbocycles. The maximum Gasteiger partial charge on any atom is 0.253 e. The molecule has 1 fully saturated rings. The van der Waals surface area contributed by atoms with Crippen molar-refractivity contribution in [3.05, 3.63) is 60.3 Å². The van der Waals surface area contributed by atoms with Crippen molar-refractivity contribution in [2.24, 2.45) is 5.14 Å². The number of carbonyl (C=O) groups is 2. The molecule has 1 aromatic heterocycles. The van der Waals surface area contributed by atoms with Gasteiger partial charge in [0.25, 0.3) is 11.6 Å². The van der Waals surface area contributed by atoms with Crippen molar-refractivity contribution >= 4 is 27.5 Å². The fourth-order valence-corrected chi connectivity index (χ4v) is 3.77. The zero-order valence-electron chi connectivity index (χ0n) is 16.0. The monoisotopic (exact) mass is 443 g/mol.